The van der Waals surface area contributed by atoms with Gasteiger partial charge in [-0.25, -0.2) is 14.2 Å². The van der Waals surface area contributed by atoms with E-state index in [0.717, 1.165) is 6.54 Å². The van der Waals surface area contributed by atoms with Crippen molar-refractivity contribution >= 4 is 28.7 Å². The van der Waals surface area contributed by atoms with E-state index < -0.39 is 23.6 Å². The Kier molecular flexibility index (Phi) is 7.07. The lowest BCUT2D eigenvalue weighted by molar-refractivity contribution is -0.150. The van der Waals surface area contributed by atoms with Crippen molar-refractivity contribution in [1.29, 1.82) is 0 Å². The van der Waals surface area contributed by atoms with E-state index in [9.17, 15) is 14.0 Å². The minimum atomic E-state index is -0.684. The van der Waals surface area contributed by atoms with Crippen LogP contribution in [0.5, 0.6) is 0 Å². The summed E-state index contributed by atoms with van der Waals surface area (Å²) in [6.07, 6.45) is -0.684. The molecule has 0 spiro atoms. The number of nitrogens with zero attached hydrogens (tertiary/aromatic N) is 2. The van der Waals surface area contributed by atoms with E-state index in [4.69, 9.17) is 9.47 Å². The molecule has 1 atom stereocenters. The molecule has 2 heterocycles. The van der Waals surface area contributed by atoms with Gasteiger partial charge in [0, 0.05) is 31.6 Å². The number of esters is 1. The SMILES string of the molecule is CCOC(=O)C1CNCCN1Cc1ccc2cc(F)cc(NC(=O)OC(C)(C)C)c2n1. The molecule has 1 aromatic carbocycles. The van der Waals surface area contributed by atoms with Crippen molar-refractivity contribution in [2.75, 3.05) is 31.6 Å². The van der Waals surface area contributed by atoms with E-state index in [2.05, 4.69) is 15.6 Å². The van der Waals surface area contributed by atoms with E-state index in [1.54, 1.807) is 39.8 Å². The van der Waals surface area contributed by atoms with E-state index in [-0.39, 0.29) is 11.7 Å². The first-order chi connectivity index (χ1) is 14.7. The number of aromatic nitrogens is 1. The maximum Gasteiger partial charge on any atom is 0.412 e. The highest BCUT2D eigenvalue weighted by Gasteiger charge is 2.30. The Morgan fingerprint density at radius 2 is 2.10 bits per heavy atom. The van der Waals surface area contributed by atoms with Gasteiger partial charge < -0.3 is 14.8 Å². The molecule has 1 aliphatic heterocycles. The van der Waals surface area contributed by atoms with Gasteiger partial charge in [0.05, 0.1) is 23.5 Å². The van der Waals surface area contributed by atoms with Gasteiger partial charge in [-0.1, -0.05) is 6.07 Å². The molecule has 0 radical (unpaired) electrons. The van der Waals surface area contributed by atoms with Gasteiger partial charge in [0.25, 0.3) is 0 Å². The number of hydrogen-bond donors (Lipinski definition) is 2. The Labute approximate surface area is 181 Å². The highest BCUT2D eigenvalue weighted by molar-refractivity contribution is 5.98. The van der Waals surface area contributed by atoms with Crippen LogP contribution in [0, 0.1) is 5.82 Å². The zero-order valence-electron chi connectivity index (χ0n) is 18.3. The fourth-order valence-electron chi connectivity index (χ4n) is 3.45. The Morgan fingerprint density at radius 1 is 1.32 bits per heavy atom. The molecule has 1 aliphatic rings. The second-order valence-electron chi connectivity index (χ2n) is 8.40. The standard InChI is InChI=1S/C22H29FN4O4/c1-5-30-20(28)18-12-24-8-9-27(18)13-16-7-6-14-10-15(23)11-17(19(14)25-16)26-21(29)31-22(2,3)4/h6-7,10-11,18,24H,5,8-9,12-13H2,1-4H3,(H,26,29). The van der Waals surface area contributed by atoms with Gasteiger partial charge in [0.2, 0.25) is 0 Å². The molecule has 1 fully saturated rings. The van der Waals surface area contributed by atoms with Crippen LogP contribution in [-0.4, -0.2) is 59.8 Å². The van der Waals surface area contributed by atoms with Crippen molar-refractivity contribution in [1.82, 2.24) is 15.2 Å². The summed E-state index contributed by atoms with van der Waals surface area (Å²) in [6, 6.07) is 5.72. The predicted molar refractivity (Wildman–Crippen MR) is 115 cm³/mol. The van der Waals surface area contributed by atoms with Crippen LogP contribution in [0.4, 0.5) is 14.9 Å². The monoisotopic (exact) mass is 432 g/mol. The molecule has 0 bridgehead atoms. The first-order valence-electron chi connectivity index (χ1n) is 10.4. The quantitative estimate of drug-likeness (QED) is 0.702. The van der Waals surface area contributed by atoms with Gasteiger partial charge >= 0.3 is 12.1 Å². The van der Waals surface area contributed by atoms with Crippen LogP contribution in [0.1, 0.15) is 33.4 Å². The fraction of sp³-hybridized carbons (Fsp3) is 0.500. The van der Waals surface area contributed by atoms with Crippen LogP contribution in [-0.2, 0) is 20.8 Å². The number of ether oxygens (including phenoxy) is 2. The van der Waals surface area contributed by atoms with Crippen LogP contribution < -0.4 is 10.6 Å². The van der Waals surface area contributed by atoms with Crippen molar-refractivity contribution < 1.29 is 23.5 Å². The van der Waals surface area contributed by atoms with Crippen molar-refractivity contribution in [3.05, 3.63) is 35.8 Å². The summed E-state index contributed by atoms with van der Waals surface area (Å²) in [5.74, 6) is -0.762. The number of benzene rings is 1. The van der Waals surface area contributed by atoms with E-state index in [1.165, 1.54) is 12.1 Å². The molecule has 168 valence electrons. The third-order valence-corrected chi connectivity index (χ3v) is 4.73. The van der Waals surface area contributed by atoms with Crippen molar-refractivity contribution in [2.45, 2.75) is 45.9 Å². The maximum absolute atomic E-state index is 14.1. The number of carbonyl (C=O) groups is 2. The number of amides is 1. The topological polar surface area (TPSA) is 92.8 Å². The summed E-state index contributed by atoms with van der Waals surface area (Å²) >= 11 is 0. The Morgan fingerprint density at radius 3 is 2.81 bits per heavy atom. The molecule has 1 saturated heterocycles. The van der Waals surface area contributed by atoms with E-state index >= 15 is 0 Å². The molecule has 0 aliphatic carbocycles. The number of nitrogens with one attached hydrogen (secondary N) is 2. The summed E-state index contributed by atoms with van der Waals surface area (Å²) < 4.78 is 24.6. The van der Waals surface area contributed by atoms with E-state index in [0.29, 0.717) is 42.8 Å². The summed E-state index contributed by atoms with van der Waals surface area (Å²) in [6.45, 7) is 9.69. The number of anilines is 1. The number of fused-ring (bicyclic) bond motifs is 1. The fourth-order valence-corrected chi connectivity index (χ4v) is 3.45. The third kappa shape index (κ3) is 6.11. The van der Waals surface area contributed by atoms with Gasteiger partial charge in [-0.3, -0.25) is 15.0 Å². The van der Waals surface area contributed by atoms with Gasteiger partial charge in [-0.15, -0.1) is 0 Å². The minimum absolute atomic E-state index is 0.230. The van der Waals surface area contributed by atoms with Gasteiger partial charge in [0.15, 0.2) is 0 Å². The summed E-state index contributed by atoms with van der Waals surface area (Å²) in [4.78, 5) is 31.2. The Bertz CT molecular complexity index is 960. The number of hydrogen-bond acceptors (Lipinski definition) is 7. The Hall–Kier alpha value is -2.78. The predicted octanol–water partition coefficient (Wildman–Crippen LogP) is 3.06. The van der Waals surface area contributed by atoms with Crippen LogP contribution in [0.2, 0.25) is 0 Å². The lowest BCUT2D eigenvalue weighted by Gasteiger charge is -2.34. The molecular weight excluding hydrogens is 403 g/mol. The number of halogens is 1. The van der Waals surface area contributed by atoms with Crippen molar-refractivity contribution in [2.24, 2.45) is 0 Å². The molecular formula is C22H29FN4O4. The zero-order chi connectivity index (χ0) is 22.6. The normalized spacial score (nSPS) is 17.4. The highest BCUT2D eigenvalue weighted by atomic mass is 19.1. The molecule has 2 aromatic rings. The van der Waals surface area contributed by atoms with Gasteiger partial charge in [-0.2, -0.15) is 0 Å². The molecule has 8 nitrogen and oxygen atoms in total. The van der Waals surface area contributed by atoms with Crippen LogP contribution >= 0.6 is 0 Å². The summed E-state index contributed by atoms with van der Waals surface area (Å²) in [5.41, 5.74) is 0.694. The van der Waals surface area contributed by atoms with Crippen LogP contribution in [0.3, 0.4) is 0 Å². The highest BCUT2D eigenvalue weighted by Crippen LogP contribution is 2.25. The average Bonchev–Trinajstić information content (AvgIpc) is 2.67. The lowest BCUT2D eigenvalue weighted by atomic mass is 10.1. The van der Waals surface area contributed by atoms with Gasteiger partial charge in [0.1, 0.15) is 17.5 Å². The average molecular weight is 432 g/mol. The van der Waals surface area contributed by atoms with Crippen molar-refractivity contribution in [3.8, 4) is 0 Å². The summed E-state index contributed by atoms with van der Waals surface area (Å²) in [5, 5.41) is 6.36. The first-order valence-corrected chi connectivity index (χ1v) is 10.4. The molecule has 1 aromatic heterocycles. The molecule has 2 N–H and O–H groups in total. The smallest absolute Gasteiger partial charge is 0.412 e. The lowest BCUT2D eigenvalue weighted by Crippen LogP contribution is -2.54. The summed E-state index contributed by atoms with van der Waals surface area (Å²) in [7, 11) is 0. The number of rotatable bonds is 5. The zero-order valence-corrected chi connectivity index (χ0v) is 18.3. The largest absolute Gasteiger partial charge is 0.465 e. The number of pyridine rings is 1. The molecule has 0 saturated carbocycles. The van der Waals surface area contributed by atoms with Crippen LogP contribution in [0.25, 0.3) is 10.9 Å². The molecule has 31 heavy (non-hydrogen) atoms. The van der Waals surface area contributed by atoms with Gasteiger partial charge in [-0.05, 0) is 45.9 Å². The third-order valence-electron chi connectivity index (χ3n) is 4.73. The van der Waals surface area contributed by atoms with E-state index in [1.807, 2.05) is 4.90 Å². The second kappa shape index (κ2) is 9.57. The Balaban J connectivity index is 1.86. The second-order valence-corrected chi connectivity index (χ2v) is 8.40. The molecule has 1 amide bonds. The number of carbonyl (C=O) groups excluding carboxylic acids is 2. The molecule has 3 rings (SSSR count). The van der Waals surface area contributed by atoms with Crippen LogP contribution in [0.15, 0.2) is 24.3 Å². The minimum Gasteiger partial charge on any atom is -0.465 e. The molecule has 9 heteroatoms. The maximum atomic E-state index is 14.1. The number of piperazine rings is 1. The molecule has 1 unspecified atom stereocenters. The first kappa shape index (κ1) is 22.9. The van der Waals surface area contributed by atoms with Crippen molar-refractivity contribution in [3.63, 3.8) is 0 Å².